The summed E-state index contributed by atoms with van der Waals surface area (Å²) in [5.41, 5.74) is 0.512. The summed E-state index contributed by atoms with van der Waals surface area (Å²) in [5, 5.41) is 2.92. The number of carbonyl (C=O) groups excluding carboxylic acids is 1. The molecule has 1 atom stereocenters. The van der Waals surface area contributed by atoms with Gasteiger partial charge in [0.15, 0.2) is 11.5 Å². The van der Waals surface area contributed by atoms with Gasteiger partial charge in [0.2, 0.25) is 0 Å². The maximum absolute atomic E-state index is 12.5. The quantitative estimate of drug-likeness (QED) is 0.688. The van der Waals surface area contributed by atoms with Crippen molar-refractivity contribution in [3.63, 3.8) is 0 Å². The van der Waals surface area contributed by atoms with Crippen LogP contribution in [0.25, 0.3) is 0 Å². The molecule has 27 heavy (non-hydrogen) atoms. The SMILES string of the molecule is CCOc1ccc(C(=O)N[C@@H](C)COc2ccc(OC)cc2)cc1OCC. The first kappa shape index (κ1) is 20.4. The smallest absolute Gasteiger partial charge is 0.251 e. The van der Waals surface area contributed by atoms with Crippen molar-refractivity contribution in [3.8, 4) is 23.0 Å². The second-order valence-corrected chi connectivity index (χ2v) is 5.89. The van der Waals surface area contributed by atoms with Crippen molar-refractivity contribution in [2.75, 3.05) is 26.9 Å². The minimum atomic E-state index is -0.190. The number of ether oxygens (including phenoxy) is 4. The summed E-state index contributed by atoms with van der Waals surface area (Å²) in [6.07, 6.45) is 0. The van der Waals surface area contributed by atoms with E-state index < -0.39 is 0 Å². The number of hydrogen-bond donors (Lipinski definition) is 1. The Morgan fingerprint density at radius 1 is 0.926 bits per heavy atom. The molecule has 0 heterocycles. The summed E-state index contributed by atoms with van der Waals surface area (Å²) in [5.74, 6) is 2.49. The van der Waals surface area contributed by atoms with Crippen LogP contribution in [-0.4, -0.2) is 38.9 Å². The van der Waals surface area contributed by atoms with Crippen LogP contribution in [0.15, 0.2) is 42.5 Å². The predicted molar refractivity (Wildman–Crippen MR) is 104 cm³/mol. The van der Waals surface area contributed by atoms with Gasteiger partial charge in [0, 0.05) is 5.56 Å². The molecule has 0 radical (unpaired) electrons. The number of carbonyl (C=O) groups is 1. The van der Waals surface area contributed by atoms with Crippen LogP contribution in [0.2, 0.25) is 0 Å². The number of nitrogens with one attached hydrogen (secondary N) is 1. The van der Waals surface area contributed by atoms with Gasteiger partial charge in [0.05, 0.1) is 26.4 Å². The van der Waals surface area contributed by atoms with Gasteiger partial charge >= 0.3 is 0 Å². The van der Waals surface area contributed by atoms with E-state index in [9.17, 15) is 4.79 Å². The van der Waals surface area contributed by atoms with Crippen LogP contribution in [-0.2, 0) is 0 Å². The van der Waals surface area contributed by atoms with E-state index in [2.05, 4.69) is 5.32 Å². The predicted octanol–water partition coefficient (Wildman–Crippen LogP) is 3.69. The molecule has 2 rings (SSSR count). The molecule has 0 aliphatic heterocycles. The van der Waals surface area contributed by atoms with Crippen LogP contribution in [0.3, 0.4) is 0 Å². The number of methoxy groups -OCH3 is 1. The molecule has 2 aromatic rings. The van der Waals surface area contributed by atoms with Gasteiger partial charge in [0.25, 0.3) is 5.91 Å². The van der Waals surface area contributed by atoms with E-state index in [0.29, 0.717) is 36.9 Å². The number of hydrogen-bond acceptors (Lipinski definition) is 5. The molecule has 2 aromatic carbocycles. The Hall–Kier alpha value is -2.89. The van der Waals surface area contributed by atoms with Crippen LogP contribution >= 0.6 is 0 Å². The highest BCUT2D eigenvalue weighted by molar-refractivity contribution is 5.95. The van der Waals surface area contributed by atoms with Gasteiger partial charge in [-0.2, -0.15) is 0 Å². The zero-order valence-corrected chi connectivity index (χ0v) is 16.3. The van der Waals surface area contributed by atoms with Crippen LogP contribution in [0, 0.1) is 0 Å². The van der Waals surface area contributed by atoms with E-state index in [4.69, 9.17) is 18.9 Å². The summed E-state index contributed by atoms with van der Waals surface area (Å²) >= 11 is 0. The van der Waals surface area contributed by atoms with E-state index >= 15 is 0 Å². The van der Waals surface area contributed by atoms with Crippen molar-refractivity contribution < 1.29 is 23.7 Å². The molecular formula is C21H27NO5. The molecule has 0 bridgehead atoms. The van der Waals surface area contributed by atoms with Crippen molar-refractivity contribution >= 4 is 5.91 Å². The molecule has 146 valence electrons. The van der Waals surface area contributed by atoms with E-state index in [1.54, 1.807) is 25.3 Å². The Morgan fingerprint density at radius 2 is 1.56 bits per heavy atom. The zero-order valence-electron chi connectivity index (χ0n) is 16.3. The Balaban J connectivity index is 1.93. The lowest BCUT2D eigenvalue weighted by Crippen LogP contribution is -2.36. The summed E-state index contributed by atoms with van der Waals surface area (Å²) in [6.45, 7) is 7.07. The van der Waals surface area contributed by atoms with Crippen molar-refractivity contribution in [2.24, 2.45) is 0 Å². The van der Waals surface area contributed by atoms with Crippen LogP contribution in [0.5, 0.6) is 23.0 Å². The molecule has 0 saturated heterocycles. The van der Waals surface area contributed by atoms with Gasteiger partial charge in [-0.25, -0.2) is 0 Å². The first-order valence-corrected chi connectivity index (χ1v) is 9.04. The lowest BCUT2D eigenvalue weighted by molar-refractivity contribution is 0.0926. The molecule has 6 heteroatoms. The highest BCUT2D eigenvalue weighted by Gasteiger charge is 2.14. The Labute approximate surface area is 160 Å². The molecule has 0 aromatic heterocycles. The Kier molecular flexibility index (Phi) is 7.79. The molecule has 0 aliphatic rings. The third-order valence-corrected chi connectivity index (χ3v) is 3.74. The molecule has 6 nitrogen and oxygen atoms in total. The normalized spacial score (nSPS) is 11.4. The summed E-state index contributed by atoms with van der Waals surface area (Å²) < 4.78 is 21.9. The minimum Gasteiger partial charge on any atom is -0.497 e. The molecule has 1 amide bonds. The maximum atomic E-state index is 12.5. The zero-order chi connectivity index (χ0) is 19.6. The van der Waals surface area contributed by atoms with Crippen molar-refractivity contribution in [1.29, 1.82) is 0 Å². The summed E-state index contributed by atoms with van der Waals surface area (Å²) in [7, 11) is 1.62. The van der Waals surface area contributed by atoms with Crippen molar-refractivity contribution in [1.82, 2.24) is 5.32 Å². The van der Waals surface area contributed by atoms with Gasteiger partial charge in [-0.1, -0.05) is 0 Å². The highest BCUT2D eigenvalue weighted by Crippen LogP contribution is 2.28. The Morgan fingerprint density at radius 3 is 2.19 bits per heavy atom. The van der Waals surface area contributed by atoms with Gasteiger partial charge in [-0.05, 0) is 63.2 Å². The average molecular weight is 373 g/mol. The monoisotopic (exact) mass is 373 g/mol. The van der Waals surface area contributed by atoms with E-state index in [-0.39, 0.29) is 11.9 Å². The maximum Gasteiger partial charge on any atom is 0.251 e. The van der Waals surface area contributed by atoms with E-state index in [0.717, 1.165) is 11.5 Å². The summed E-state index contributed by atoms with van der Waals surface area (Å²) in [4.78, 5) is 12.5. The second kappa shape index (κ2) is 10.3. The molecule has 0 fully saturated rings. The molecule has 0 spiro atoms. The van der Waals surface area contributed by atoms with E-state index in [1.165, 1.54) is 0 Å². The Bertz CT molecular complexity index is 730. The third kappa shape index (κ3) is 6.09. The van der Waals surface area contributed by atoms with Crippen molar-refractivity contribution in [2.45, 2.75) is 26.8 Å². The van der Waals surface area contributed by atoms with Gasteiger partial charge in [0.1, 0.15) is 18.1 Å². The molecule has 0 aliphatic carbocycles. The van der Waals surface area contributed by atoms with Gasteiger partial charge in [-0.15, -0.1) is 0 Å². The number of amides is 1. The molecule has 0 saturated carbocycles. The average Bonchev–Trinajstić information content (AvgIpc) is 2.68. The standard InChI is InChI=1S/C21H27NO5/c1-5-25-19-12-7-16(13-20(19)26-6-2)21(23)22-15(3)14-27-18-10-8-17(24-4)9-11-18/h7-13,15H,5-6,14H2,1-4H3,(H,22,23)/t15-/m0/s1. The van der Waals surface area contributed by atoms with Crippen LogP contribution < -0.4 is 24.3 Å². The van der Waals surface area contributed by atoms with Crippen molar-refractivity contribution in [3.05, 3.63) is 48.0 Å². The van der Waals surface area contributed by atoms with Crippen LogP contribution in [0.4, 0.5) is 0 Å². The fourth-order valence-corrected chi connectivity index (χ4v) is 2.43. The second-order valence-electron chi connectivity index (χ2n) is 5.89. The summed E-state index contributed by atoms with van der Waals surface area (Å²) in [6, 6.07) is 12.3. The van der Waals surface area contributed by atoms with Crippen LogP contribution in [0.1, 0.15) is 31.1 Å². The van der Waals surface area contributed by atoms with Gasteiger partial charge < -0.3 is 24.3 Å². The van der Waals surface area contributed by atoms with E-state index in [1.807, 2.05) is 45.0 Å². The molecular weight excluding hydrogens is 346 g/mol. The lowest BCUT2D eigenvalue weighted by atomic mass is 10.1. The van der Waals surface area contributed by atoms with Gasteiger partial charge in [-0.3, -0.25) is 4.79 Å². The third-order valence-electron chi connectivity index (χ3n) is 3.74. The largest absolute Gasteiger partial charge is 0.497 e. The minimum absolute atomic E-state index is 0.165. The molecule has 0 unspecified atom stereocenters. The first-order chi connectivity index (χ1) is 13.1. The number of benzene rings is 2. The lowest BCUT2D eigenvalue weighted by Gasteiger charge is -2.16. The molecule has 1 N–H and O–H groups in total. The highest BCUT2D eigenvalue weighted by atomic mass is 16.5. The number of rotatable bonds is 10. The topological polar surface area (TPSA) is 66.0 Å². The first-order valence-electron chi connectivity index (χ1n) is 9.04. The fraction of sp³-hybridized carbons (Fsp3) is 0.381. The fourth-order valence-electron chi connectivity index (χ4n) is 2.43.